The molecule has 1 N–H and O–H groups in total. The SMILES string of the molecule is O=C(Cc1ccnc(C(=O)O)c1)Cc1ccccc1F. The second-order valence-corrected chi connectivity index (χ2v) is 4.34. The van der Waals surface area contributed by atoms with Gasteiger partial charge >= 0.3 is 5.97 Å². The number of aromatic carboxylic acids is 1. The lowest BCUT2D eigenvalue weighted by atomic mass is 10.0. The number of benzene rings is 1. The molecule has 5 heteroatoms. The van der Waals surface area contributed by atoms with E-state index in [-0.39, 0.29) is 24.3 Å². The molecule has 1 aromatic heterocycles. The Balaban J connectivity index is 2.07. The second kappa shape index (κ2) is 6.06. The number of hydrogen-bond donors (Lipinski definition) is 1. The van der Waals surface area contributed by atoms with E-state index in [0.717, 1.165) is 0 Å². The number of carbonyl (C=O) groups is 2. The minimum atomic E-state index is -1.14. The summed E-state index contributed by atoms with van der Waals surface area (Å²) < 4.78 is 13.4. The van der Waals surface area contributed by atoms with Crippen LogP contribution in [0.15, 0.2) is 42.6 Å². The normalized spacial score (nSPS) is 10.2. The zero-order valence-corrected chi connectivity index (χ0v) is 10.5. The molecular weight excluding hydrogens is 261 g/mol. The summed E-state index contributed by atoms with van der Waals surface area (Å²) in [5.74, 6) is -1.74. The number of pyridine rings is 1. The minimum absolute atomic E-state index is 0.0165. The first-order valence-corrected chi connectivity index (χ1v) is 5.99. The van der Waals surface area contributed by atoms with E-state index in [0.29, 0.717) is 11.1 Å². The van der Waals surface area contributed by atoms with Gasteiger partial charge < -0.3 is 5.11 Å². The molecule has 20 heavy (non-hydrogen) atoms. The van der Waals surface area contributed by atoms with Gasteiger partial charge in [0.25, 0.3) is 0 Å². The van der Waals surface area contributed by atoms with E-state index in [1.807, 2.05) is 0 Å². The first-order valence-electron chi connectivity index (χ1n) is 5.99. The first-order chi connectivity index (χ1) is 9.56. The van der Waals surface area contributed by atoms with Crippen molar-refractivity contribution >= 4 is 11.8 Å². The number of halogens is 1. The third kappa shape index (κ3) is 3.47. The van der Waals surface area contributed by atoms with E-state index < -0.39 is 11.8 Å². The Labute approximate surface area is 114 Å². The van der Waals surface area contributed by atoms with Crippen LogP contribution in [0.25, 0.3) is 0 Å². The zero-order valence-electron chi connectivity index (χ0n) is 10.5. The predicted octanol–water partition coefficient (Wildman–Crippen LogP) is 2.27. The number of ketones is 1. The lowest BCUT2D eigenvalue weighted by Crippen LogP contribution is -2.09. The van der Waals surface area contributed by atoms with Crippen LogP contribution in [0, 0.1) is 5.82 Å². The molecule has 0 bridgehead atoms. The van der Waals surface area contributed by atoms with E-state index >= 15 is 0 Å². The maximum absolute atomic E-state index is 13.4. The van der Waals surface area contributed by atoms with Gasteiger partial charge in [0.15, 0.2) is 0 Å². The van der Waals surface area contributed by atoms with Crippen molar-refractivity contribution < 1.29 is 19.1 Å². The number of carbonyl (C=O) groups excluding carboxylic acids is 1. The van der Waals surface area contributed by atoms with Crippen molar-refractivity contribution in [2.24, 2.45) is 0 Å². The number of hydrogen-bond acceptors (Lipinski definition) is 3. The summed E-state index contributed by atoms with van der Waals surface area (Å²) in [5.41, 5.74) is 0.782. The monoisotopic (exact) mass is 273 g/mol. The van der Waals surface area contributed by atoms with E-state index in [1.54, 1.807) is 24.3 Å². The molecule has 0 saturated heterocycles. The average molecular weight is 273 g/mol. The number of carboxylic acids is 1. The van der Waals surface area contributed by atoms with Crippen molar-refractivity contribution in [3.05, 3.63) is 65.2 Å². The molecule has 0 fully saturated rings. The van der Waals surface area contributed by atoms with Crippen LogP contribution in [0.5, 0.6) is 0 Å². The highest BCUT2D eigenvalue weighted by molar-refractivity contribution is 5.87. The van der Waals surface area contributed by atoms with Crippen LogP contribution in [0.1, 0.15) is 21.6 Å². The fraction of sp³-hybridized carbons (Fsp3) is 0.133. The largest absolute Gasteiger partial charge is 0.477 e. The predicted molar refractivity (Wildman–Crippen MR) is 70.0 cm³/mol. The Morgan fingerprint density at radius 3 is 2.60 bits per heavy atom. The van der Waals surface area contributed by atoms with E-state index in [4.69, 9.17) is 5.11 Å². The van der Waals surface area contributed by atoms with Gasteiger partial charge in [-0.25, -0.2) is 14.2 Å². The number of aromatic nitrogens is 1. The van der Waals surface area contributed by atoms with E-state index in [9.17, 15) is 14.0 Å². The van der Waals surface area contributed by atoms with Crippen LogP contribution >= 0.6 is 0 Å². The van der Waals surface area contributed by atoms with Gasteiger partial charge in [0.2, 0.25) is 0 Å². The van der Waals surface area contributed by atoms with E-state index in [2.05, 4.69) is 4.98 Å². The first kappa shape index (κ1) is 13.9. The molecule has 0 aliphatic heterocycles. The summed E-state index contributed by atoms with van der Waals surface area (Å²) in [6, 6.07) is 9.01. The van der Waals surface area contributed by atoms with Crippen LogP contribution in [0.4, 0.5) is 4.39 Å². The van der Waals surface area contributed by atoms with Crippen LogP contribution < -0.4 is 0 Å². The molecule has 2 rings (SSSR count). The molecule has 0 atom stereocenters. The zero-order chi connectivity index (χ0) is 14.5. The van der Waals surface area contributed by atoms with Crippen LogP contribution in [-0.2, 0) is 17.6 Å². The fourth-order valence-electron chi connectivity index (χ4n) is 1.85. The number of carboxylic acid groups (broad SMARTS) is 1. The Bertz CT molecular complexity index is 655. The third-order valence-electron chi connectivity index (χ3n) is 2.79. The summed E-state index contributed by atoms with van der Waals surface area (Å²) in [6.07, 6.45) is 1.38. The Kier molecular flexibility index (Phi) is 4.20. The third-order valence-corrected chi connectivity index (χ3v) is 2.79. The average Bonchev–Trinajstić information content (AvgIpc) is 2.41. The topological polar surface area (TPSA) is 67.3 Å². The Hall–Kier alpha value is -2.56. The van der Waals surface area contributed by atoms with Crippen molar-refractivity contribution in [2.75, 3.05) is 0 Å². The molecule has 102 valence electrons. The molecule has 0 unspecified atom stereocenters. The van der Waals surface area contributed by atoms with Gasteiger partial charge in [-0.05, 0) is 29.3 Å². The lowest BCUT2D eigenvalue weighted by Gasteiger charge is -2.04. The second-order valence-electron chi connectivity index (χ2n) is 4.34. The summed E-state index contributed by atoms with van der Waals surface area (Å²) >= 11 is 0. The van der Waals surface area contributed by atoms with Crippen molar-refractivity contribution in [3.63, 3.8) is 0 Å². The van der Waals surface area contributed by atoms with E-state index in [1.165, 1.54) is 18.3 Å². The lowest BCUT2D eigenvalue weighted by molar-refractivity contribution is -0.117. The van der Waals surface area contributed by atoms with Crippen LogP contribution in [0.2, 0.25) is 0 Å². The highest BCUT2D eigenvalue weighted by Gasteiger charge is 2.11. The summed E-state index contributed by atoms with van der Waals surface area (Å²) in [5, 5.41) is 8.82. The summed E-state index contributed by atoms with van der Waals surface area (Å²) in [7, 11) is 0. The number of nitrogens with zero attached hydrogens (tertiary/aromatic N) is 1. The van der Waals surface area contributed by atoms with Crippen LogP contribution in [-0.4, -0.2) is 21.8 Å². The van der Waals surface area contributed by atoms with Gasteiger partial charge in [-0.1, -0.05) is 18.2 Å². The molecular formula is C15H12FNO3. The standard InChI is InChI=1S/C15H12FNO3/c16-13-4-2-1-3-11(13)9-12(18)7-10-5-6-17-14(8-10)15(19)20/h1-6,8H,7,9H2,(H,19,20). The van der Waals surface area contributed by atoms with Crippen molar-refractivity contribution in [3.8, 4) is 0 Å². The fourth-order valence-corrected chi connectivity index (χ4v) is 1.85. The van der Waals surface area contributed by atoms with Crippen molar-refractivity contribution in [1.29, 1.82) is 0 Å². The highest BCUT2D eigenvalue weighted by atomic mass is 19.1. The van der Waals surface area contributed by atoms with Crippen LogP contribution in [0.3, 0.4) is 0 Å². The maximum Gasteiger partial charge on any atom is 0.354 e. The summed E-state index contributed by atoms with van der Waals surface area (Å²) in [4.78, 5) is 26.3. The molecule has 1 aromatic carbocycles. The Morgan fingerprint density at radius 2 is 1.90 bits per heavy atom. The molecule has 0 radical (unpaired) electrons. The quantitative estimate of drug-likeness (QED) is 0.907. The summed E-state index contributed by atoms with van der Waals surface area (Å²) in [6.45, 7) is 0. The number of Topliss-reactive ketones (excluding diaryl/α,β-unsaturated/α-hetero) is 1. The maximum atomic E-state index is 13.4. The minimum Gasteiger partial charge on any atom is -0.477 e. The molecule has 0 spiro atoms. The van der Waals surface area contributed by atoms with Gasteiger partial charge in [0.05, 0.1) is 0 Å². The highest BCUT2D eigenvalue weighted by Crippen LogP contribution is 2.10. The molecule has 2 aromatic rings. The van der Waals surface area contributed by atoms with Gasteiger partial charge in [-0.2, -0.15) is 0 Å². The molecule has 0 amide bonds. The smallest absolute Gasteiger partial charge is 0.354 e. The molecule has 0 aliphatic rings. The van der Waals surface area contributed by atoms with Gasteiger partial charge in [0, 0.05) is 19.0 Å². The molecule has 4 nitrogen and oxygen atoms in total. The molecule has 1 heterocycles. The van der Waals surface area contributed by atoms with Crippen molar-refractivity contribution in [2.45, 2.75) is 12.8 Å². The Morgan fingerprint density at radius 1 is 1.15 bits per heavy atom. The van der Waals surface area contributed by atoms with Crippen molar-refractivity contribution in [1.82, 2.24) is 4.98 Å². The van der Waals surface area contributed by atoms with Gasteiger partial charge in [-0.3, -0.25) is 4.79 Å². The van der Waals surface area contributed by atoms with Gasteiger partial charge in [-0.15, -0.1) is 0 Å². The molecule has 0 aliphatic carbocycles. The van der Waals surface area contributed by atoms with Gasteiger partial charge in [0.1, 0.15) is 17.3 Å². The molecule has 0 saturated carbocycles. The number of rotatable bonds is 5.